The van der Waals surface area contributed by atoms with Crippen molar-refractivity contribution in [1.82, 2.24) is 24.3 Å². The zero-order valence-electron chi connectivity index (χ0n) is 17.6. The van der Waals surface area contributed by atoms with Crippen molar-refractivity contribution < 1.29 is 9.47 Å². The van der Waals surface area contributed by atoms with E-state index in [2.05, 4.69) is 25.7 Å². The molecule has 0 radical (unpaired) electrons. The number of benzene rings is 2. The molecule has 1 aliphatic heterocycles. The third-order valence-electron chi connectivity index (χ3n) is 5.85. The van der Waals surface area contributed by atoms with Gasteiger partial charge in [-0.05, 0) is 42.0 Å². The van der Waals surface area contributed by atoms with Gasteiger partial charge >= 0.3 is 0 Å². The van der Waals surface area contributed by atoms with Crippen LogP contribution in [0.5, 0.6) is 11.5 Å². The van der Waals surface area contributed by atoms with E-state index >= 15 is 0 Å². The van der Waals surface area contributed by atoms with E-state index in [0.29, 0.717) is 19.8 Å². The van der Waals surface area contributed by atoms with Crippen molar-refractivity contribution in [2.24, 2.45) is 7.05 Å². The van der Waals surface area contributed by atoms with Crippen LogP contribution in [0, 0.1) is 0 Å². The second-order valence-corrected chi connectivity index (χ2v) is 7.74. The van der Waals surface area contributed by atoms with Crippen molar-refractivity contribution in [3.8, 4) is 33.9 Å². The van der Waals surface area contributed by atoms with Gasteiger partial charge in [-0.3, -0.25) is 9.67 Å². The van der Waals surface area contributed by atoms with Crippen molar-refractivity contribution in [3.05, 3.63) is 79.0 Å². The zero-order chi connectivity index (χ0) is 21.5. The van der Waals surface area contributed by atoms with E-state index in [1.165, 1.54) is 0 Å². The van der Waals surface area contributed by atoms with E-state index in [1.54, 1.807) is 12.4 Å². The quantitative estimate of drug-likeness (QED) is 0.427. The summed E-state index contributed by atoms with van der Waals surface area (Å²) in [5.74, 6) is 2.41. The fraction of sp³-hybridized carbons (Fsp3) is 0.160. The van der Waals surface area contributed by atoms with Crippen molar-refractivity contribution in [1.29, 1.82) is 0 Å². The number of fused-ring (bicyclic) bond motifs is 4. The van der Waals surface area contributed by atoms with E-state index in [9.17, 15) is 0 Å². The molecule has 158 valence electrons. The second kappa shape index (κ2) is 7.53. The van der Waals surface area contributed by atoms with Gasteiger partial charge in [0, 0.05) is 36.6 Å². The van der Waals surface area contributed by atoms with Gasteiger partial charge in [-0.2, -0.15) is 5.10 Å². The number of para-hydroxylation sites is 2. The average molecular weight is 423 g/mol. The van der Waals surface area contributed by atoms with Gasteiger partial charge in [-0.1, -0.05) is 12.1 Å². The molecule has 1 aliphatic rings. The van der Waals surface area contributed by atoms with E-state index in [1.807, 2.05) is 66.5 Å². The monoisotopic (exact) mass is 423 g/mol. The Labute approximate surface area is 184 Å². The van der Waals surface area contributed by atoms with Gasteiger partial charge in [0.05, 0.1) is 29.5 Å². The Bertz CT molecular complexity index is 1420. The van der Waals surface area contributed by atoms with Crippen LogP contribution in [-0.4, -0.2) is 30.9 Å². The predicted octanol–water partition coefficient (Wildman–Crippen LogP) is 4.47. The van der Waals surface area contributed by atoms with Crippen LogP contribution >= 0.6 is 0 Å². The molecule has 0 N–H and O–H groups in total. The minimum absolute atomic E-state index is 0.379. The first-order chi connectivity index (χ1) is 15.8. The first-order valence-corrected chi connectivity index (χ1v) is 10.5. The number of nitrogens with zero attached hydrogens (tertiary/aromatic N) is 5. The molecular formula is C25H21N5O2. The molecule has 3 aromatic heterocycles. The molecule has 0 atom stereocenters. The molecule has 0 saturated carbocycles. The fourth-order valence-corrected chi connectivity index (χ4v) is 4.20. The molecule has 5 aromatic rings. The Kier molecular flexibility index (Phi) is 4.38. The van der Waals surface area contributed by atoms with Gasteiger partial charge in [0.1, 0.15) is 30.5 Å². The van der Waals surface area contributed by atoms with Gasteiger partial charge in [-0.15, -0.1) is 0 Å². The van der Waals surface area contributed by atoms with Crippen LogP contribution in [0.2, 0.25) is 0 Å². The van der Waals surface area contributed by atoms with Crippen LogP contribution < -0.4 is 9.47 Å². The fourth-order valence-electron chi connectivity index (χ4n) is 4.20. The van der Waals surface area contributed by atoms with E-state index < -0.39 is 0 Å². The van der Waals surface area contributed by atoms with Gasteiger partial charge in [-0.25, -0.2) is 4.98 Å². The van der Waals surface area contributed by atoms with Crippen LogP contribution in [0.15, 0.2) is 73.2 Å². The highest BCUT2D eigenvalue weighted by atomic mass is 16.5. The van der Waals surface area contributed by atoms with E-state index in [-0.39, 0.29) is 0 Å². The van der Waals surface area contributed by atoms with Crippen molar-refractivity contribution in [3.63, 3.8) is 0 Å². The Hall–Kier alpha value is -4.13. The molecule has 0 unspecified atom stereocenters. The van der Waals surface area contributed by atoms with Crippen LogP contribution in [-0.2, 0) is 20.2 Å². The molecule has 7 nitrogen and oxygen atoms in total. The van der Waals surface area contributed by atoms with Crippen LogP contribution in [0.4, 0.5) is 0 Å². The normalized spacial score (nSPS) is 12.7. The Morgan fingerprint density at radius 2 is 1.91 bits per heavy atom. The van der Waals surface area contributed by atoms with Crippen LogP contribution in [0.1, 0.15) is 5.82 Å². The number of hydrogen-bond acceptors (Lipinski definition) is 5. The Morgan fingerprint density at radius 3 is 2.78 bits per heavy atom. The summed E-state index contributed by atoms with van der Waals surface area (Å²) < 4.78 is 16.2. The number of ether oxygens (including phenoxy) is 2. The molecule has 0 bridgehead atoms. The van der Waals surface area contributed by atoms with Crippen LogP contribution in [0.3, 0.4) is 0 Å². The van der Waals surface area contributed by atoms with Gasteiger partial charge < -0.3 is 14.0 Å². The van der Waals surface area contributed by atoms with E-state index in [0.717, 1.165) is 50.7 Å². The number of hydrogen-bond donors (Lipinski definition) is 0. The SMILES string of the molecule is Cn1c(COc2ccc3c(c2)OCCn2ncc(-c4ccncc4)c2-3)nc2ccccc21. The molecule has 6 rings (SSSR count). The van der Waals surface area contributed by atoms with Crippen molar-refractivity contribution in [2.75, 3.05) is 6.61 Å². The maximum atomic E-state index is 6.10. The molecule has 7 heteroatoms. The second-order valence-electron chi connectivity index (χ2n) is 7.74. The van der Waals surface area contributed by atoms with E-state index in [4.69, 9.17) is 9.47 Å². The summed E-state index contributed by atoms with van der Waals surface area (Å²) in [6.45, 7) is 1.61. The highest BCUT2D eigenvalue weighted by Gasteiger charge is 2.22. The molecule has 2 aromatic carbocycles. The highest BCUT2D eigenvalue weighted by Crippen LogP contribution is 2.40. The summed E-state index contributed by atoms with van der Waals surface area (Å²) >= 11 is 0. The third-order valence-corrected chi connectivity index (χ3v) is 5.85. The Morgan fingerprint density at radius 1 is 1.03 bits per heavy atom. The zero-order valence-corrected chi connectivity index (χ0v) is 17.6. The van der Waals surface area contributed by atoms with Crippen LogP contribution in [0.25, 0.3) is 33.4 Å². The molecule has 0 spiro atoms. The van der Waals surface area contributed by atoms with Gasteiger partial charge in [0.25, 0.3) is 0 Å². The molecule has 0 aliphatic carbocycles. The molecule has 0 saturated heterocycles. The molecule has 0 amide bonds. The van der Waals surface area contributed by atoms with Crippen molar-refractivity contribution in [2.45, 2.75) is 13.2 Å². The lowest BCUT2D eigenvalue weighted by atomic mass is 10.0. The maximum Gasteiger partial charge on any atom is 0.147 e. The average Bonchev–Trinajstić information content (AvgIpc) is 3.34. The lowest BCUT2D eigenvalue weighted by Gasteiger charge is -2.12. The third kappa shape index (κ3) is 3.10. The number of imidazole rings is 1. The highest BCUT2D eigenvalue weighted by molar-refractivity contribution is 5.84. The smallest absolute Gasteiger partial charge is 0.147 e. The summed E-state index contributed by atoms with van der Waals surface area (Å²) in [5, 5.41) is 4.59. The van der Waals surface area contributed by atoms with Gasteiger partial charge in [0.15, 0.2) is 0 Å². The number of pyridine rings is 1. The number of aromatic nitrogens is 5. The van der Waals surface area contributed by atoms with Crippen molar-refractivity contribution >= 4 is 11.0 Å². The molecular weight excluding hydrogens is 402 g/mol. The standard InChI is InChI=1S/C25H21N5O2/c1-29-22-5-3-2-4-21(22)28-24(29)16-32-18-6-7-19-23(14-18)31-13-12-30-25(19)20(15-27-30)17-8-10-26-11-9-17/h2-11,14-15H,12-13,16H2,1H3. The summed E-state index contributed by atoms with van der Waals surface area (Å²) in [5.41, 5.74) is 6.25. The summed E-state index contributed by atoms with van der Waals surface area (Å²) in [6.07, 6.45) is 5.51. The lowest BCUT2D eigenvalue weighted by molar-refractivity contribution is 0.282. The van der Waals surface area contributed by atoms with Gasteiger partial charge in [0.2, 0.25) is 0 Å². The minimum atomic E-state index is 0.379. The topological polar surface area (TPSA) is 67.0 Å². The minimum Gasteiger partial charge on any atom is -0.491 e. The molecule has 32 heavy (non-hydrogen) atoms. The summed E-state index contributed by atoms with van der Waals surface area (Å²) in [7, 11) is 2.01. The lowest BCUT2D eigenvalue weighted by Crippen LogP contribution is -2.06. The first-order valence-electron chi connectivity index (χ1n) is 10.5. The number of rotatable bonds is 4. The first kappa shape index (κ1) is 18.6. The largest absolute Gasteiger partial charge is 0.491 e. The maximum absolute atomic E-state index is 6.10. The number of aryl methyl sites for hydroxylation is 1. The Balaban J connectivity index is 1.32. The molecule has 4 heterocycles. The molecule has 0 fully saturated rings. The summed E-state index contributed by atoms with van der Waals surface area (Å²) in [6, 6.07) is 18.1. The predicted molar refractivity (Wildman–Crippen MR) is 121 cm³/mol. The summed E-state index contributed by atoms with van der Waals surface area (Å²) in [4.78, 5) is 8.82.